The third-order valence-electron chi connectivity index (χ3n) is 2.15. The van der Waals surface area contributed by atoms with Crippen molar-refractivity contribution in [3.8, 4) is 0 Å². The van der Waals surface area contributed by atoms with E-state index in [1.807, 2.05) is 6.92 Å². The summed E-state index contributed by atoms with van der Waals surface area (Å²) < 4.78 is 6.71. The normalized spacial score (nSPS) is 10.9. The minimum atomic E-state index is 0.206. The molecule has 0 unspecified atom stereocenters. The lowest BCUT2D eigenvalue weighted by Gasteiger charge is -2.06. The van der Waals surface area contributed by atoms with Crippen LogP contribution in [0, 0.1) is 0 Å². The molecule has 0 atom stereocenters. The minimum Gasteiger partial charge on any atom is -0.411 e. The molecule has 17 heavy (non-hydrogen) atoms. The second-order valence-corrected chi connectivity index (χ2v) is 3.39. The van der Waals surface area contributed by atoms with Crippen LogP contribution in [0.2, 0.25) is 0 Å². The summed E-state index contributed by atoms with van der Waals surface area (Å²) >= 11 is 0. The molecule has 0 saturated carbocycles. The summed E-state index contributed by atoms with van der Waals surface area (Å²) in [4.78, 5) is 17.5. The van der Waals surface area contributed by atoms with E-state index >= 15 is 0 Å². The Morgan fingerprint density at radius 3 is 3.06 bits per heavy atom. The molecule has 0 aliphatic heterocycles. The Bertz CT molecular complexity index is 485. The first-order valence-corrected chi connectivity index (χ1v) is 5.48. The first-order chi connectivity index (χ1) is 8.31. The number of nitrogen functional groups attached to an aromatic ring is 1. The number of hydrogen-bond acceptors (Lipinski definition) is 6. The van der Waals surface area contributed by atoms with Gasteiger partial charge in [-0.25, -0.2) is 9.97 Å². The maximum atomic E-state index is 5.51. The molecule has 7 nitrogen and oxygen atoms in total. The monoisotopic (exact) mass is 237 g/mol. The number of nitrogens with two attached hydrogens (primary N) is 1. The predicted molar refractivity (Wildman–Crippen MR) is 62.3 cm³/mol. The summed E-state index contributed by atoms with van der Waals surface area (Å²) in [6.45, 7) is 3.90. The standard InChI is InChI=1S/C10H15N5O2/c1-2-16-4-3-5-17-15-7-13-8-6-12-10(11)14-9(8)15/h6-7H,2-5H2,1H3,(H2,11,12,14). The smallest absolute Gasteiger partial charge is 0.222 e. The van der Waals surface area contributed by atoms with E-state index in [-0.39, 0.29) is 5.95 Å². The van der Waals surface area contributed by atoms with Gasteiger partial charge < -0.3 is 15.3 Å². The zero-order chi connectivity index (χ0) is 12.1. The quantitative estimate of drug-likeness (QED) is 0.725. The highest BCUT2D eigenvalue weighted by atomic mass is 16.7. The molecule has 0 saturated heterocycles. The van der Waals surface area contributed by atoms with Crippen molar-refractivity contribution in [2.45, 2.75) is 13.3 Å². The Morgan fingerprint density at radius 1 is 1.35 bits per heavy atom. The van der Waals surface area contributed by atoms with Crippen LogP contribution in [0.3, 0.4) is 0 Å². The highest BCUT2D eigenvalue weighted by Gasteiger charge is 2.05. The van der Waals surface area contributed by atoms with Crippen LogP contribution in [0.4, 0.5) is 5.95 Å². The van der Waals surface area contributed by atoms with Crippen molar-refractivity contribution in [1.29, 1.82) is 0 Å². The van der Waals surface area contributed by atoms with Gasteiger partial charge in [0.25, 0.3) is 0 Å². The molecule has 2 aromatic heterocycles. The topological polar surface area (TPSA) is 88.1 Å². The molecule has 0 fully saturated rings. The van der Waals surface area contributed by atoms with E-state index in [9.17, 15) is 0 Å². The molecule has 0 spiro atoms. The lowest BCUT2D eigenvalue weighted by Crippen LogP contribution is -2.14. The van der Waals surface area contributed by atoms with Crippen molar-refractivity contribution in [2.75, 3.05) is 25.6 Å². The van der Waals surface area contributed by atoms with Crippen molar-refractivity contribution in [3.63, 3.8) is 0 Å². The second-order valence-electron chi connectivity index (χ2n) is 3.39. The molecular weight excluding hydrogens is 222 g/mol. The Morgan fingerprint density at radius 2 is 2.24 bits per heavy atom. The molecule has 0 amide bonds. The SMILES string of the molecule is CCOCCCOn1cnc2cnc(N)nc21. The Labute approximate surface area is 98.5 Å². The first kappa shape index (κ1) is 11.6. The van der Waals surface area contributed by atoms with Crippen molar-refractivity contribution < 1.29 is 9.57 Å². The molecule has 7 heteroatoms. The maximum absolute atomic E-state index is 5.51. The van der Waals surface area contributed by atoms with E-state index < -0.39 is 0 Å². The average Bonchev–Trinajstić information content (AvgIpc) is 2.72. The molecule has 0 bridgehead atoms. The fourth-order valence-corrected chi connectivity index (χ4v) is 1.36. The summed E-state index contributed by atoms with van der Waals surface area (Å²) in [7, 11) is 0. The second kappa shape index (κ2) is 5.44. The molecule has 2 heterocycles. The molecule has 0 aliphatic carbocycles. The summed E-state index contributed by atoms with van der Waals surface area (Å²) in [6, 6.07) is 0. The zero-order valence-corrected chi connectivity index (χ0v) is 9.67. The fourth-order valence-electron chi connectivity index (χ4n) is 1.36. The largest absolute Gasteiger partial charge is 0.411 e. The van der Waals surface area contributed by atoms with Gasteiger partial charge in [0, 0.05) is 19.6 Å². The van der Waals surface area contributed by atoms with Crippen LogP contribution in [0.1, 0.15) is 13.3 Å². The van der Waals surface area contributed by atoms with Gasteiger partial charge in [0.1, 0.15) is 18.5 Å². The summed E-state index contributed by atoms with van der Waals surface area (Å²) in [5.74, 6) is 0.206. The molecule has 92 valence electrons. The molecular formula is C10H15N5O2. The van der Waals surface area contributed by atoms with Gasteiger partial charge in [-0.1, -0.05) is 0 Å². The highest BCUT2D eigenvalue weighted by molar-refractivity contribution is 5.70. The van der Waals surface area contributed by atoms with Crippen molar-refractivity contribution in [3.05, 3.63) is 12.5 Å². The predicted octanol–water partition coefficient (Wildman–Crippen LogP) is 0.264. The van der Waals surface area contributed by atoms with Gasteiger partial charge in [0.05, 0.1) is 6.20 Å². The Balaban J connectivity index is 1.96. The van der Waals surface area contributed by atoms with E-state index in [0.717, 1.165) is 13.0 Å². The van der Waals surface area contributed by atoms with Gasteiger partial charge in [0.15, 0.2) is 0 Å². The van der Waals surface area contributed by atoms with Crippen molar-refractivity contribution in [2.24, 2.45) is 0 Å². The van der Waals surface area contributed by atoms with Crippen LogP contribution >= 0.6 is 0 Å². The maximum Gasteiger partial charge on any atom is 0.222 e. The van der Waals surface area contributed by atoms with Crippen LogP contribution in [-0.2, 0) is 4.74 Å². The summed E-state index contributed by atoms with van der Waals surface area (Å²) in [6.07, 6.45) is 3.94. The first-order valence-electron chi connectivity index (χ1n) is 5.48. The number of imidazole rings is 1. The van der Waals surface area contributed by atoms with E-state index in [1.54, 1.807) is 12.5 Å². The van der Waals surface area contributed by atoms with Crippen LogP contribution in [0.5, 0.6) is 0 Å². The number of ether oxygens (including phenoxy) is 1. The van der Waals surface area contributed by atoms with Gasteiger partial charge in [0.2, 0.25) is 11.6 Å². The van der Waals surface area contributed by atoms with E-state index in [4.69, 9.17) is 15.3 Å². The van der Waals surface area contributed by atoms with E-state index in [0.29, 0.717) is 24.4 Å². The lowest BCUT2D eigenvalue weighted by atomic mass is 10.5. The zero-order valence-electron chi connectivity index (χ0n) is 9.67. The number of anilines is 1. The Kier molecular flexibility index (Phi) is 3.71. The van der Waals surface area contributed by atoms with Crippen molar-refractivity contribution in [1.82, 2.24) is 19.7 Å². The average molecular weight is 237 g/mol. The van der Waals surface area contributed by atoms with Gasteiger partial charge in [-0.15, -0.1) is 0 Å². The van der Waals surface area contributed by atoms with Crippen LogP contribution < -0.4 is 10.6 Å². The number of nitrogens with zero attached hydrogens (tertiary/aromatic N) is 4. The number of fused-ring (bicyclic) bond motifs is 1. The van der Waals surface area contributed by atoms with Gasteiger partial charge in [-0.2, -0.15) is 9.71 Å². The molecule has 2 N–H and O–H groups in total. The summed E-state index contributed by atoms with van der Waals surface area (Å²) in [5, 5.41) is 0. The molecule has 0 radical (unpaired) electrons. The number of aromatic nitrogens is 4. The van der Waals surface area contributed by atoms with Crippen LogP contribution in [0.15, 0.2) is 12.5 Å². The third kappa shape index (κ3) is 2.82. The molecule has 0 aromatic carbocycles. The van der Waals surface area contributed by atoms with Gasteiger partial charge in [-0.05, 0) is 6.92 Å². The van der Waals surface area contributed by atoms with Crippen LogP contribution in [-0.4, -0.2) is 39.5 Å². The summed E-state index contributed by atoms with van der Waals surface area (Å²) in [5.41, 5.74) is 6.74. The molecule has 0 aliphatic rings. The fraction of sp³-hybridized carbons (Fsp3) is 0.500. The third-order valence-corrected chi connectivity index (χ3v) is 2.15. The Hall–Kier alpha value is -1.89. The lowest BCUT2D eigenvalue weighted by molar-refractivity contribution is 0.0800. The molecule has 2 rings (SSSR count). The minimum absolute atomic E-state index is 0.206. The van der Waals surface area contributed by atoms with Gasteiger partial charge in [-0.3, -0.25) is 0 Å². The van der Waals surface area contributed by atoms with Crippen LogP contribution in [0.25, 0.3) is 11.2 Å². The van der Waals surface area contributed by atoms with E-state index in [2.05, 4.69) is 15.0 Å². The van der Waals surface area contributed by atoms with Gasteiger partial charge >= 0.3 is 0 Å². The number of hydrogen-bond donors (Lipinski definition) is 1. The van der Waals surface area contributed by atoms with Crippen molar-refractivity contribution >= 4 is 17.1 Å². The van der Waals surface area contributed by atoms with E-state index in [1.165, 1.54) is 4.73 Å². The highest BCUT2D eigenvalue weighted by Crippen LogP contribution is 2.08. The molecule has 2 aromatic rings. The number of rotatable bonds is 6.